The first-order valence-electron chi connectivity index (χ1n) is 6.74. The van der Waals surface area contributed by atoms with Crippen molar-refractivity contribution in [3.05, 3.63) is 0 Å². The van der Waals surface area contributed by atoms with Crippen LogP contribution in [0.25, 0.3) is 0 Å². The first-order chi connectivity index (χ1) is 9.15. The van der Waals surface area contributed by atoms with E-state index in [-0.39, 0.29) is 5.97 Å². The van der Waals surface area contributed by atoms with Crippen LogP contribution in [-0.2, 0) is 14.3 Å². The van der Waals surface area contributed by atoms with Crippen molar-refractivity contribution in [3.63, 3.8) is 0 Å². The maximum absolute atomic E-state index is 11.8. The highest BCUT2D eigenvalue weighted by atomic mass is 32.2. The number of rotatable bonds is 10. The number of nitrogens with one attached hydrogen (secondary N) is 1. The molecule has 1 N–H and O–H groups in total. The standard InChI is InChI=1S/C13H25NO4S/c1-4-6-9-18-13(16)14-11(7-10-19-3)12(15)17-8-5-2/h11H,4-10H2,1-3H3,(H,14,16). The lowest BCUT2D eigenvalue weighted by atomic mass is 10.2. The Labute approximate surface area is 119 Å². The number of carbonyl (C=O) groups is 2. The lowest BCUT2D eigenvalue weighted by Crippen LogP contribution is -2.42. The molecule has 0 aliphatic heterocycles. The fourth-order valence-corrected chi connectivity index (χ4v) is 1.75. The van der Waals surface area contributed by atoms with Gasteiger partial charge in [-0.05, 0) is 31.3 Å². The molecule has 0 aromatic carbocycles. The van der Waals surface area contributed by atoms with Gasteiger partial charge in [-0.3, -0.25) is 0 Å². The Hall–Kier alpha value is -0.910. The Morgan fingerprint density at radius 2 is 1.89 bits per heavy atom. The van der Waals surface area contributed by atoms with Crippen molar-refractivity contribution < 1.29 is 19.1 Å². The molecule has 0 heterocycles. The number of hydrogen-bond donors (Lipinski definition) is 1. The summed E-state index contributed by atoms with van der Waals surface area (Å²) >= 11 is 1.62. The van der Waals surface area contributed by atoms with Gasteiger partial charge in [-0.15, -0.1) is 0 Å². The molecule has 0 rings (SSSR count). The van der Waals surface area contributed by atoms with E-state index in [0.29, 0.717) is 19.6 Å². The van der Waals surface area contributed by atoms with Gasteiger partial charge in [-0.1, -0.05) is 20.3 Å². The van der Waals surface area contributed by atoms with Crippen LogP contribution in [0, 0.1) is 0 Å². The Kier molecular flexibility index (Phi) is 11.6. The highest BCUT2D eigenvalue weighted by Crippen LogP contribution is 2.04. The van der Waals surface area contributed by atoms with Gasteiger partial charge in [0.25, 0.3) is 0 Å². The normalized spacial score (nSPS) is 11.7. The average molecular weight is 291 g/mol. The van der Waals surface area contributed by atoms with Crippen molar-refractivity contribution in [1.82, 2.24) is 5.32 Å². The molecular formula is C13H25NO4S. The maximum atomic E-state index is 11.8. The molecule has 1 amide bonds. The van der Waals surface area contributed by atoms with Crippen LogP contribution in [0.15, 0.2) is 0 Å². The third-order valence-corrected chi connectivity index (χ3v) is 3.01. The van der Waals surface area contributed by atoms with Crippen LogP contribution in [0.4, 0.5) is 4.79 Å². The molecule has 6 heteroatoms. The van der Waals surface area contributed by atoms with Gasteiger partial charge < -0.3 is 14.8 Å². The molecule has 0 aliphatic rings. The zero-order chi connectivity index (χ0) is 14.5. The molecule has 0 aliphatic carbocycles. The minimum atomic E-state index is -0.617. The molecule has 1 atom stereocenters. The number of amides is 1. The van der Waals surface area contributed by atoms with E-state index in [1.807, 2.05) is 20.1 Å². The van der Waals surface area contributed by atoms with E-state index >= 15 is 0 Å². The number of ether oxygens (including phenoxy) is 2. The predicted molar refractivity (Wildman–Crippen MR) is 77.4 cm³/mol. The summed E-state index contributed by atoms with van der Waals surface area (Å²) in [5.41, 5.74) is 0. The van der Waals surface area contributed by atoms with Gasteiger partial charge in [-0.25, -0.2) is 9.59 Å². The summed E-state index contributed by atoms with van der Waals surface area (Å²) in [5.74, 6) is 0.393. The molecule has 0 fully saturated rings. The van der Waals surface area contributed by atoms with Gasteiger partial charge in [0.2, 0.25) is 0 Å². The van der Waals surface area contributed by atoms with Crippen molar-refractivity contribution in [2.24, 2.45) is 0 Å². The number of esters is 1. The number of thioether (sulfide) groups is 1. The molecule has 5 nitrogen and oxygen atoms in total. The topological polar surface area (TPSA) is 64.6 Å². The second kappa shape index (κ2) is 12.1. The molecule has 1 unspecified atom stereocenters. The zero-order valence-corrected chi connectivity index (χ0v) is 12.9. The first-order valence-corrected chi connectivity index (χ1v) is 8.13. The van der Waals surface area contributed by atoms with E-state index in [9.17, 15) is 9.59 Å². The Morgan fingerprint density at radius 1 is 1.16 bits per heavy atom. The van der Waals surface area contributed by atoms with Crippen molar-refractivity contribution >= 4 is 23.8 Å². The third-order valence-electron chi connectivity index (χ3n) is 2.37. The van der Waals surface area contributed by atoms with Gasteiger partial charge in [0.15, 0.2) is 0 Å². The molecule has 0 spiro atoms. The number of alkyl carbamates (subject to hydrolysis) is 1. The lowest BCUT2D eigenvalue weighted by Gasteiger charge is -2.17. The zero-order valence-electron chi connectivity index (χ0n) is 12.1. The number of hydrogen-bond acceptors (Lipinski definition) is 5. The Bertz CT molecular complexity index is 261. The molecule has 0 bridgehead atoms. The summed E-state index contributed by atoms with van der Waals surface area (Å²) in [6, 6.07) is -0.617. The fraction of sp³-hybridized carbons (Fsp3) is 0.846. The largest absolute Gasteiger partial charge is 0.464 e. The molecule has 0 saturated carbocycles. The van der Waals surface area contributed by atoms with Crippen LogP contribution in [-0.4, -0.2) is 43.3 Å². The molecule has 0 aromatic rings. The molecule has 112 valence electrons. The van der Waals surface area contributed by atoms with E-state index in [0.717, 1.165) is 25.0 Å². The van der Waals surface area contributed by atoms with Gasteiger partial charge in [0.05, 0.1) is 13.2 Å². The smallest absolute Gasteiger partial charge is 0.407 e. The van der Waals surface area contributed by atoms with Crippen LogP contribution < -0.4 is 5.32 Å². The van der Waals surface area contributed by atoms with Crippen LogP contribution in [0.1, 0.15) is 39.5 Å². The molecule has 19 heavy (non-hydrogen) atoms. The van der Waals surface area contributed by atoms with Gasteiger partial charge in [0.1, 0.15) is 6.04 Å². The van der Waals surface area contributed by atoms with Gasteiger partial charge >= 0.3 is 12.1 Å². The molecule has 0 radical (unpaired) electrons. The molecular weight excluding hydrogens is 266 g/mol. The van der Waals surface area contributed by atoms with Crippen LogP contribution in [0.3, 0.4) is 0 Å². The second-order valence-corrected chi connectivity index (χ2v) is 5.12. The van der Waals surface area contributed by atoms with E-state index in [2.05, 4.69) is 5.32 Å². The Balaban J connectivity index is 4.16. The predicted octanol–water partition coefficient (Wildman–Crippen LogP) is 2.59. The summed E-state index contributed by atoms with van der Waals surface area (Å²) in [5, 5.41) is 2.57. The molecule has 0 saturated heterocycles. The summed E-state index contributed by atoms with van der Waals surface area (Å²) in [7, 11) is 0. The van der Waals surface area contributed by atoms with Gasteiger partial charge in [0, 0.05) is 0 Å². The lowest BCUT2D eigenvalue weighted by molar-refractivity contribution is -0.146. The third kappa shape index (κ3) is 9.64. The molecule has 0 aromatic heterocycles. The van der Waals surface area contributed by atoms with Crippen molar-refractivity contribution in [2.45, 2.75) is 45.6 Å². The van der Waals surface area contributed by atoms with Crippen molar-refractivity contribution in [1.29, 1.82) is 0 Å². The summed E-state index contributed by atoms with van der Waals surface area (Å²) in [6.07, 6.45) is 4.50. The summed E-state index contributed by atoms with van der Waals surface area (Å²) in [4.78, 5) is 23.3. The van der Waals surface area contributed by atoms with Crippen molar-refractivity contribution in [3.8, 4) is 0 Å². The first kappa shape index (κ1) is 18.1. The van der Waals surface area contributed by atoms with Crippen LogP contribution >= 0.6 is 11.8 Å². The Morgan fingerprint density at radius 3 is 2.47 bits per heavy atom. The number of unbranched alkanes of at least 4 members (excludes halogenated alkanes) is 1. The van der Waals surface area contributed by atoms with E-state index in [1.54, 1.807) is 11.8 Å². The van der Waals surface area contributed by atoms with Crippen LogP contribution in [0.5, 0.6) is 0 Å². The summed E-state index contributed by atoms with van der Waals surface area (Å²) in [6.45, 7) is 4.70. The minimum Gasteiger partial charge on any atom is -0.464 e. The van der Waals surface area contributed by atoms with E-state index in [1.165, 1.54) is 0 Å². The second-order valence-electron chi connectivity index (χ2n) is 4.14. The summed E-state index contributed by atoms with van der Waals surface area (Å²) < 4.78 is 10.0. The van der Waals surface area contributed by atoms with E-state index in [4.69, 9.17) is 9.47 Å². The minimum absolute atomic E-state index is 0.376. The maximum Gasteiger partial charge on any atom is 0.407 e. The van der Waals surface area contributed by atoms with Crippen molar-refractivity contribution in [2.75, 3.05) is 25.2 Å². The van der Waals surface area contributed by atoms with E-state index < -0.39 is 12.1 Å². The fourth-order valence-electron chi connectivity index (χ4n) is 1.28. The number of carbonyl (C=O) groups excluding carboxylic acids is 2. The monoisotopic (exact) mass is 291 g/mol. The van der Waals surface area contributed by atoms with Crippen LogP contribution in [0.2, 0.25) is 0 Å². The highest BCUT2D eigenvalue weighted by Gasteiger charge is 2.22. The van der Waals surface area contributed by atoms with Gasteiger partial charge in [-0.2, -0.15) is 11.8 Å². The quantitative estimate of drug-likeness (QED) is 0.495. The average Bonchev–Trinajstić information content (AvgIpc) is 2.41. The SMILES string of the molecule is CCCCOC(=O)NC(CCSC)C(=O)OCCC. The highest BCUT2D eigenvalue weighted by molar-refractivity contribution is 7.98.